The summed E-state index contributed by atoms with van der Waals surface area (Å²) in [6.07, 6.45) is 6.22. The molecule has 0 aliphatic carbocycles. The minimum atomic E-state index is -0.470. The Hall–Kier alpha value is -2.31. The molecule has 0 spiro atoms. The van der Waals surface area contributed by atoms with Crippen molar-refractivity contribution in [2.24, 2.45) is 5.84 Å². The van der Waals surface area contributed by atoms with Gasteiger partial charge in [-0.05, 0) is 18.2 Å². The van der Waals surface area contributed by atoms with Crippen LogP contribution < -0.4 is 11.3 Å². The van der Waals surface area contributed by atoms with Gasteiger partial charge in [-0.3, -0.25) is 10.8 Å². The minimum absolute atomic E-state index is 0.402. The molecule has 0 saturated carbocycles. The fourth-order valence-electron chi connectivity index (χ4n) is 2.14. The van der Waals surface area contributed by atoms with Crippen LogP contribution in [0.25, 0.3) is 5.52 Å². The van der Waals surface area contributed by atoms with E-state index in [1.165, 1.54) is 12.4 Å². The number of aromatic nitrogens is 3. The van der Waals surface area contributed by atoms with Crippen LogP contribution in [0.3, 0.4) is 0 Å². The highest BCUT2D eigenvalue weighted by atomic mass is 19.1. The number of rotatable bonds is 3. The van der Waals surface area contributed by atoms with Gasteiger partial charge in [0, 0.05) is 23.5 Å². The van der Waals surface area contributed by atoms with Crippen molar-refractivity contribution in [3.05, 3.63) is 66.0 Å². The molecule has 96 valence electrons. The summed E-state index contributed by atoms with van der Waals surface area (Å²) in [5.41, 5.74) is 4.76. The molecule has 3 N–H and O–H groups in total. The van der Waals surface area contributed by atoms with Gasteiger partial charge in [-0.1, -0.05) is 6.07 Å². The van der Waals surface area contributed by atoms with E-state index in [1.54, 1.807) is 16.8 Å². The normalized spacial score (nSPS) is 12.7. The monoisotopic (exact) mass is 257 g/mol. The Balaban J connectivity index is 2.15. The number of nitrogens with zero attached hydrogens (tertiary/aromatic N) is 3. The molecule has 1 atom stereocenters. The number of pyridine rings is 2. The molecule has 3 heterocycles. The number of hydrazine groups is 1. The van der Waals surface area contributed by atoms with Crippen LogP contribution >= 0.6 is 0 Å². The zero-order valence-electron chi connectivity index (χ0n) is 9.99. The van der Waals surface area contributed by atoms with Crippen molar-refractivity contribution < 1.29 is 4.39 Å². The second kappa shape index (κ2) is 4.75. The summed E-state index contributed by atoms with van der Waals surface area (Å²) in [4.78, 5) is 3.74. The van der Waals surface area contributed by atoms with Crippen molar-refractivity contribution in [1.82, 2.24) is 20.0 Å². The predicted molar refractivity (Wildman–Crippen MR) is 68.6 cm³/mol. The predicted octanol–water partition coefficient (Wildman–Crippen LogP) is 1.42. The second-order valence-corrected chi connectivity index (χ2v) is 4.13. The van der Waals surface area contributed by atoms with Gasteiger partial charge >= 0.3 is 0 Å². The van der Waals surface area contributed by atoms with E-state index in [9.17, 15) is 4.39 Å². The van der Waals surface area contributed by atoms with E-state index in [1.807, 2.05) is 24.4 Å². The third-order valence-electron chi connectivity index (χ3n) is 3.05. The average molecular weight is 257 g/mol. The summed E-state index contributed by atoms with van der Waals surface area (Å²) >= 11 is 0. The molecule has 3 aromatic rings. The SMILES string of the molecule is NNC(c1ccncc1F)c1cnn2ccccc12. The van der Waals surface area contributed by atoms with Crippen molar-refractivity contribution in [1.29, 1.82) is 0 Å². The number of nitrogens with one attached hydrogen (secondary N) is 1. The van der Waals surface area contributed by atoms with Crippen molar-refractivity contribution in [3.8, 4) is 0 Å². The Morgan fingerprint density at radius 1 is 1.21 bits per heavy atom. The van der Waals surface area contributed by atoms with Crippen molar-refractivity contribution in [3.63, 3.8) is 0 Å². The maximum atomic E-state index is 13.8. The second-order valence-electron chi connectivity index (χ2n) is 4.13. The van der Waals surface area contributed by atoms with Gasteiger partial charge in [0.2, 0.25) is 0 Å². The first kappa shape index (κ1) is 11.8. The van der Waals surface area contributed by atoms with Crippen LogP contribution in [0.5, 0.6) is 0 Å². The van der Waals surface area contributed by atoms with Crippen LogP contribution in [0, 0.1) is 5.82 Å². The maximum absolute atomic E-state index is 13.8. The van der Waals surface area contributed by atoms with Crippen LogP contribution in [-0.4, -0.2) is 14.6 Å². The third-order valence-corrected chi connectivity index (χ3v) is 3.05. The molecule has 0 saturated heterocycles. The van der Waals surface area contributed by atoms with Crippen LogP contribution in [0.1, 0.15) is 17.2 Å². The molecule has 5 nitrogen and oxygen atoms in total. The fraction of sp³-hybridized carbons (Fsp3) is 0.0769. The smallest absolute Gasteiger partial charge is 0.146 e. The first-order valence-electron chi connectivity index (χ1n) is 5.79. The van der Waals surface area contributed by atoms with Gasteiger partial charge in [0.1, 0.15) is 5.82 Å². The zero-order chi connectivity index (χ0) is 13.2. The van der Waals surface area contributed by atoms with Crippen LogP contribution in [0.4, 0.5) is 4.39 Å². The summed E-state index contributed by atoms with van der Waals surface area (Å²) in [5, 5.41) is 4.23. The lowest BCUT2D eigenvalue weighted by Gasteiger charge is -2.15. The first-order chi connectivity index (χ1) is 9.31. The van der Waals surface area contributed by atoms with Crippen molar-refractivity contribution in [2.75, 3.05) is 0 Å². The van der Waals surface area contributed by atoms with Crippen LogP contribution in [0.15, 0.2) is 49.1 Å². The van der Waals surface area contributed by atoms with E-state index in [0.717, 1.165) is 11.1 Å². The lowest BCUT2D eigenvalue weighted by molar-refractivity contribution is 0.557. The quantitative estimate of drug-likeness (QED) is 0.550. The van der Waals surface area contributed by atoms with Crippen LogP contribution in [-0.2, 0) is 0 Å². The molecule has 0 radical (unpaired) electrons. The Morgan fingerprint density at radius 3 is 2.89 bits per heavy atom. The van der Waals surface area contributed by atoms with Gasteiger partial charge in [-0.15, -0.1) is 0 Å². The van der Waals surface area contributed by atoms with Crippen molar-refractivity contribution in [2.45, 2.75) is 6.04 Å². The lowest BCUT2D eigenvalue weighted by atomic mass is 10.0. The highest BCUT2D eigenvalue weighted by Gasteiger charge is 2.20. The Kier molecular flexibility index (Phi) is 2.94. The molecule has 3 aromatic heterocycles. The summed E-state index contributed by atoms with van der Waals surface area (Å²) in [7, 11) is 0. The number of hydrogen-bond donors (Lipinski definition) is 2. The highest BCUT2D eigenvalue weighted by Crippen LogP contribution is 2.26. The number of nitrogens with two attached hydrogens (primary N) is 1. The minimum Gasteiger partial charge on any atom is -0.271 e. The van der Waals surface area contributed by atoms with E-state index in [2.05, 4.69) is 15.5 Å². The zero-order valence-corrected chi connectivity index (χ0v) is 9.99. The van der Waals surface area contributed by atoms with E-state index >= 15 is 0 Å². The molecule has 3 rings (SSSR count). The van der Waals surface area contributed by atoms with E-state index < -0.39 is 11.9 Å². The summed E-state index contributed by atoms with van der Waals surface area (Å²) in [6.45, 7) is 0. The number of fused-ring (bicyclic) bond motifs is 1. The standard InChI is InChI=1S/C13H12FN5/c14-11-8-16-5-4-9(11)13(18-15)10-7-17-19-6-2-1-3-12(10)19/h1-8,13,18H,15H2. The number of hydrogen-bond acceptors (Lipinski definition) is 4. The number of halogens is 1. The highest BCUT2D eigenvalue weighted by molar-refractivity contribution is 5.57. The molecular formula is C13H12FN5. The largest absolute Gasteiger partial charge is 0.271 e. The molecule has 0 fully saturated rings. The molecule has 1 unspecified atom stereocenters. The fourth-order valence-corrected chi connectivity index (χ4v) is 2.14. The van der Waals surface area contributed by atoms with E-state index in [0.29, 0.717) is 5.56 Å². The van der Waals surface area contributed by atoms with Crippen LogP contribution in [0.2, 0.25) is 0 Å². The summed E-state index contributed by atoms with van der Waals surface area (Å²) < 4.78 is 15.6. The average Bonchev–Trinajstić information content (AvgIpc) is 2.86. The van der Waals surface area contributed by atoms with Gasteiger partial charge in [-0.25, -0.2) is 14.3 Å². The first-order valence-corrected chi connectivity index (χ1v) is 5.79. The Morgan fingerprint density at radius 2 is 2.11 bits per heavy atom. The summed E-state index contributed by atoms with van der Waals surface area (Å²) in [6, 6.07) is 6.82. The molecule has 19 heavy (non-hydrogen) atoms. The Bertz CT molecular complexity index is 709. The molecular weight excluding hydrogens is 245 g/mol. The van der Waals surface area contributed by atoms with Gasteiger partial charge in [-0.2, -0.15) is 5.10 Å². The lowest BCUT2D eigenvalue weighted by Crippen LogP contribution is -2.29. The molecule has 0 aliphatic heterocycles. The molecule has 0 amide bonds. The van der Waals surface area contributed by atoms with Gasteiger partial charge in [0.15, 0.2) is 0 Å². The van der Waals surface area contributed by atoms with Gasteiger partial charge in [0.25, 0.3) is 0 Å². The van der Waals surface area contributed by atoms with E-state index in [4.69, 9.17) is 5.84 Å². The molecule has 0 aliphatic rings. The molecule has 0 aromatic carbocycles. The topological polar surface area (TPSA) is 68.2 Å². The molecule has 6 heteroatoms. The third kappa shape index (κ3) is 1.96. The maximum Gasteiger partial charge on any atom is 0.146 e. The van der Waals surface area contributed by atoms with Gasteiger partial charge in [0.05, 0.1) is 24.0 Å². The Labute approximate surface area is 108 Å². The van der Waals surface area contributed by atoms with Gasteiger partial charge < -0.3 is 0 Å². The van der Waals surface area contributed by atoms with Crippen molar-refractivity contribution >= 4 is 5.52 Å². The van der Waals surface area contributed by atoms with E-state index in [-0.39, 0.29) is 0 Å². The summed E-state index contributed by atoms with van der Waals surface area (Å²) in [5.74, 6) is 5.18. The molecule has 0 bridgehead atoms.